The summed E-state index contributed by atoms with van der Waals surface area (Å²) in [5, 5.41) is 19.9. The second-order valence-corrected chi connectivity index (χ2v) is 6.61. The molecule has 1 fully saturated rings. The number of ether oxygens (including phenoxy) is 1. The molecule has 8 nitrogen and oxygen atoms in total. The average Bonchev–Trinajstić information content (AvgIpc) is 2.85. The summed E-state index contributed by atoms with van der Waals surface area (Å²) in [5.74, 6) is 0.0412. The van der Waals surface area contributed by atoms with Crippen molar-refractivity contribution in [1.29, 1.82) is 0 Å². The van der Waals surface area contributed by atoms with Crippen LogP contribution in [0.1, 0.15) is 20.1 Å². The molecule has 0 spiro atoms. The zero-order valence-electron chi connectivity index (χ0n) is 11.6. The van der Waals surface area contributed by atoms with Crippen LogP contribution in [0.4, 0.5) is 5.95 Å². The monoisotopic (exact) mass is 312 g/mol. The molecule has 1 saturated heterocycles. The zero-order chi connectivity index (χ0) is 15.4. The Morgan fingerprint density at radius 2 is 2.29 bits per heavy atom. The number of hydrogen-bond donors (Lipinski definition) is 3. The summed E-state index contributed by atoms with van der Waals surface area (Å²) < 4.78 is 7.52. The maximum atomic E-state index is 12.2. The molecule has 4 N–H and O–H groups in total. The van der Waals surface area contributed by atoms with Gasteiger partial charge < -0.3 is 20.7 Å². The van der Waals surface area contributed by atoms with Crippen molar-refractivity contribution in [2.24, 2.45) is 5.41 Å². The Balaban J connectivity index is 2.15. The largest absolute Gasteiger partial charge is 0.394 e. The number of fused-ring (bicyclic) bond motifs is 1. The van der Waals surface area contributed by atoms with E-state index in [0.717, 1.165) is 11.3 Å². The standard InChI is InChI=1S/C12H16N4O4S/c1-12(2)6(4-17)20-9(7(12)18)16-8-5(21-11(16)19)3-14-10(13)15-8/h3,6-7,9,17-18H,4H2,1-2H3,(H2,13,14,15)/t6-,7+,9-/m1/s1. The summed E-state index contributed by atoms with van der Waals surface area (Å²) in [6.45, 7) is 3.32. The second-order valence-electron chi connectivity index (χ2n) is 5.62. The quantitative estimate of drug-likeness (QED) is 0.696. The van der Waals surface area contributed by atoms with Crippen LogP contribution in [0.5, 0.6) is 0 Å². The number of aliphatic hydroxyl groups excluding tert-OH is 2. The van der Waals surface area contributed by atoms with Crippen molar-refractivity contribution in [3.63, 3.8) is 0 Å². The van der Waals surface area contributed by atoms with Crippen LogP contribution in [0.3, 0.4) is 0 Å². The van der Waals surface area contributed by atoms with Gasteiger partial charge >= 0.3 is 4.87 Å². The highest BCUT2D eigenvalue weighted by Crippen LogP contribution is 2.43. The molecule has 2 aromatic rings. The smallest absolute Gasteiger partial charge is 0.311 e. The van der Waals surface area contributed by atoms with Crippen molar-refractivity contribution >= 4 is 27.6 Å². The van der Waals surface area contributed by atoms with Gasteiger partial charge in [0.15, 0.2) is 11.9 Å². The number of nitrogen functional groups attached to an aromatic ring is 1. The Morgan fingerprint density at radius 3 is 2.90 bits per heavy atom. The van der Waals surface area contributed by atoms with Crippen LogP contribution in [-0.2, 0) is 4.74 Å². The van der Waals surface area contributed by atoms with Gasteiger partial charge in [0.1, 0.15) is 6.10 Å². The molecule has 0 radical (unpaired) electrons. The van der Waals surface area contributed by atoms with Crippen LogP contribution in [0, 0.1) is 5.41 Å². The number of thiazole rings is 1. The lowest BCUT2D eigenvalue weighted by atomic mass is 9.83. The highest BCUT2D eigenvalue weighted by molar-refractivity contribution is 7.16. The minimum Gasteiger partial charge on any atom is -0.394 e. The fourth-order valence-corrected chi connectivity index (χ4v) is 3.35. The van der Waals surface area contributed by atoms with Crippen molar-refractivity contribution < 1.29 is 14.9 Å². The Hall–Kier alpha value is -1.55. The molecule has 0 bridgehead atoms. The highest BCUT2D eigenvalue weighted by atomic mass is 32.1. The number of aromatic nitrogens is 3. The van der Waals surface area contributed by atoms with Gasteiger partial charge in [-0.3, -0.25) is 9.36 Å². The minimum absolute atomic E-state index is 0.0412. The maximum absolute atomic E-state index is 12.2. The SMILES string of the molecule is CC1(C)[C@@H](CO)O[C@@H](n2c(=O)sc3cnc(N)nc32)[C@@H]1O. The number of hydrogen-bond acceptors (Lipinski definition) is 8. The highest BCUT2D eigenvalue weighted by Gasteiger charge is 2.51. The van der Waals surface area contributed by atoms with E-state index in [2.05, 4.69) is 9.97 Å². The Kier molecular flexibility index (Phi) is 3.24. The third-order valence-corrected chi connectivity index (χ3v) is 4.84. The van der Waals surface area contributed by atoms with Crippen molar-refractivity contribution in [3.05, 3.63) is 15.9 Å². The van der Waals surface area contributed by atoms with Gasteiger partial charge in [-0.25, -0.2) is 4.98 Å². The lowest BCUT2D eigenvalue weighted by molar-refractivity contribution is -0.0513. The third-order valence-electron chi connectivity index (χ3n) is 3.96. The van der Waals surface area contributed by atoms with Gasteiger partial charge in [-0.05, 0) is 0 Å². The molecule has 3 heterocycles. The predicted octanol–water partition coefficient (Wildman–Crippen LogP) is -0.288. The first-order valence-electron chi connectivity index (χ1n) is 6.44. The average molecular weight is 312 g/mol. The van der Waals surface area contributed by atoms with E-state index in [1.807, 2.05) is 0 Å². The fourth-order valence-electron chi connectivity index (χ4n) is 2.53. The molecule has 0 unspecified atom stereocenters. The lowest BCUT2D eigenvalue weighted by Crippen LogP contribution is -2.37. The van der Waals surface area contributed by atoms with Crippen LogP contribution in [0.2, 0.25) is 0 Å². The molecule has 1 aliphatic rings. The Morgan fingerprint density at radius 1 is 1.57 bits per heavy atom. The summed E-state index contributed by atoms with van der Waals surface area (Å²) in [7, 11) is 0. The van der Waals surface area contributed by atoms with Gasteiger partial charge in [-0.1, -0.05) is 25.2 Å². The summed E-state index contributed by atoms with van der Waals surface area (Å²) >= 11 is 0.959. The van der Waals surface area contributed by atoms with Gasteiger partial charge in [0, 0.05) is 5.41 Å². The number of anilines is 1. The lowest BCUT2D eigenvalue weighted by Gasteiger charge is -2.26. The van der Waals surface area contributed by atoms with Crippen molar-refractivity contribution in [2.45, 2.75) is 32.3 Å². The predicted molar refractivity (Wildman–Crippen MR) is 76.9 cm³/mol. The number of nitrogens with two attached hydrogens (primary N) is 1. The maximum Gasteiger partial charge on any atom is 0.311 e. The van der Waals surface area contributed by atoms with Crippen LogP contribution >= 0.6 is 11.3 Å². The van der Waals surface area contributed by atoms with Crippen LogP contribution < -0.4 is 10.6 Å². The van der Waals surface area contributed by atoms with Crippen LogP contribution in [0.25, 0.3) is 10.3 Å². The molecule has 0 aliphatic carbocycles. The van der Waals surface area contributed by atoms with Gasteiger partial charge in [0.25, 0.3) is 0 Å². The van der Waals surface area contributed by atoms with E-state index in [1.54, 1.807) is 13.8 Å². The molecule has 2 aromatic heterocycles. The van der Waals surface area contributed by atoms with Gasteiger partial charge in [0.2, 0.25) is 5.95 Å². The van der Waals surface area contributed by atoms with Crippen molar-refractivity contribution in [1.82, 2.24) is 14.5 Å². The number of rotatable bonds is 2. The molecular weight excluding hydrogens is 296 g/mol. The number of aliphatic hydroxyl groups is 2. The molecule has 0 amide bonds. The molecule has 9 heteroatoms. The molecule has 3 atom stereocenters. The van der Waals surface area contributed by atoms with E-state index in [9.17, 15) is 15.0 Å². The van der Waals surface area contributed by atoms with E-state index in [-0.39, 0.29) is 17.4 Å². The Bertz CT molecular complexity index is 740. The van der Waals surface area contributed by atoms with E-state index >= 15 is 0 Å². The topological polar surface area (TPSA) is 123 Å². The van der Waals surface area contributed by atoms with Gasteiger partial charge in [-0.2, -0.15) is 4.98 Å². The molecule has 114 valence electrons. The third kappa shape index (κ3) is 2.04. The summed E-state index contributed by atoms with van der Waals surface area (Å²) in [6, 6.07) is 0. The van der Waals surface area contributed by atoms with Crippen LogP contribution in [-0.4, -0.2) is 43.6 Å². The summed E-state index contributed by atoms with van der Waals surface area (Å²) in [5.41, 5.74) is 5.21. The summed E-state index contributed by atoms with van der Waals surface area (Å²) in [6.07, 6.45) is -0.969. The Labute approximate surface area is 123 Å². The number of nitrogens with zero attached hydrogens (tertiary/aromatic N) is 3. The van der Waals surface area contributed by atoms with E-state index in [4.69, 9.17) is 10.5 Å². The molecular formula is C12H16N4O4S. The molecule has 3 rings (SSSR count). The molecule has 0 aromatic carbocycles. The first-order valence-corrected chi connectivity index (χ1v) is 7.26. The fraction of sp³-hybridized carbons (Fsp3) is 0.583. The minimum atomic E-state index is -0.957. The van der Waals surface area contributed by atoms with Crippen LogP contribution in [0.15, 0.2) is 11.0 Å². The van der Waals surface area contributed by atoms with E-state index < -0.39 is 23.9 Å². The molecule has 21 heavy (non-hydrogen) atoms. The molecule has 0 saturated carbocycles. The molecule has 1 aliphatic heterocycles. The van der Waals surface area contributed by atoms with E-state index in [0.29, 0.717) is 10.3 Å². The summed E-state index contributed by atoms with van der Waals surface area (Å²) in [4.78, 5) is 19.8. The second kappa shape index (κ2) is 4.73. The van der Waals surface area contributed by atoms with Crippen molar-refractivity contribution in [3.8, 4) is 0 Å². The normalized spacial score (nSPS) is 28.3. The van der Waals surface area contributed by atoms with E-state index in [1.165, 1.54) is 10.8 Å². The van der Waals surface area contributed by atoms with Gasteiger partial charge in [0.05, 0.1) is 23.6 Å². The van der Waals surface area contributed by atoms with Gasteiger partial charge in [-0.15, -0.1) is 0 Å². The van der Waals surface area contributed by atoms with Crippen molar-refractivity contribution in [2.75, 3.05) is 12.3 Å². The zero-order valence-corrected chi connectivity index (χ0v) is 12.4. The first-order chi connectivity index (χ1) is 9.86. The first kappa shape index (κ1) is 14.4.